The molecule has 2 aliphatic heterocycles. The van der Waals surface area contributed by atoms with Crippen LogP contribution >= 0.6 is 0 Å². The van der Waals surface area contributed by atoms with E-state index in [1.165, 1.54) is 0 Å². The SMILES string of the molecule is CCC1Oc2ccccc2N(CCC(=O)Nc2ccc3c(c2)OCO3)C1=O. The first-order chi connectivity index (χ1) is 13.2. The van der Waals surface area contributed by atoms with E-state index in [0.717, 1.165) is 0 Å². The highest BCUT2D eigenvalue weighted by Gasteiger charge is 2.33. The highest BCUT2D eigenvalue weighted by atomic mass is 16.7. The molecule has 2 aromatic carbocycles. The molecule has 2 amide bonds. The van der Waals surface area contributed by atoms with Gasteiger partial charge in [0, 0.05) is 24.7 Å². The Balaban J connectivity index is 1.43. The van der Waals surface area contributed by atoms with Crippen LogP contribution in [0.15, 0.2) is 42.5 Å². The summed E-state index contributed by atoms with van der Waals surface area (Å²) in [5, 5.41) is 2.83. The van der Waals surface area contributed by atoms with Gasteiger partial charge in [-0.1, -0.05) is 19.1 Å². The number of hydrogen-bond donors (Lipinski definition) is 1. The Hall–Kier alpha value is -3.22. The van der Waals surface area contributed by atoms with Gasteiger partial charge in [-0.15, -0.1) is 0 Å². The van der Waals surface area contributed by atoms with Crippen molar-refractivity contribution in [1.82, 2.24) is 0 Å². The van der Waals surface area contributed by atoms with Crippen molar-refractivity contribution < 1.29 is 23.8 Å². The molecule has 0 spiro atoms. The molecule has 7 heteroatoms. The summed E-state index contributed by atoms with van der Waals surface area (Å²) >= 11 is 0. The molecule has 140 valence electrons. The number of para-hydroxylation sites is 2. The molecule has 1 unspecified atom stereocenters. The third kappa shape index (κ3) is 3.40. The standard InChI is InChI=1S/C20H20N2O5/c1-2-15-20(24)22(14-5-3-4-6-16(14)27-15)10-9-19(23)21-13-7-8-17-18(11-13)26-12-25-17/h3-8,11,15H,2,9-10,12H2,1H3,(H,21,23). The molecule has 27 heavy (non-hydrogen) atoms. The third-order valence-electron chi connectivity index (χ3n) is 4.56. The summed E-state index contributed by atoms with van der Waals surface area (Å²) in [7, 11) is 0. The Morgan fingerprint density at radius 1 is 1.15 bits per heavy atom. The van der Waals surface area contributed by atoms with Crippen molar-refractivity contribution in [3.8, 4) is 17.2 Å². The van der Waals surface area contributed by atoms with Gasteiger partial charge in [0.2, 0.25) is 12.7 Å². The Bertz CT molecular complexity index is 882. The van der Waals surface area contributed by atoms with Crippen molar-refractivity contribution in [3.63, 3.8) is 0 Å². The summed E-state index contributed by atoms with van der Waals surface area (Å²) in [6.07, 6.45) is 0.231. The minimum absolute atomic E-state index is 0.118. The van der Waals surface area contributed by atoms with Crippen LogP contribution in [-0.4, -0.2) is 31.3 Å². The summed E-state index contributed by atoms with van der Waals surface area (Å²) < 4.78 is 16.3. The quantitative estimate of drug-likeness (QED) is 0.878. The van der Waals surface area contributed by atoms with Crippen molar-refractivity contribution >= 4 is 23.2 Å². The van der Waals surface area contributed by atoms with Gasteiger partial charge in [0.15, 0.2) is 17.6 Å². The number of carbonyl (C=O) groups is 2. The third-order valence-corrected chi connectivity index (χ3v) is 4.56. The molecule has 0 aromatic heterocycles. The first-order valence-corrected chi connectivity index (χ1v) is 8.92. The molecule has 2 aliphatic rings. The maximum Gasteiger partial charge on any atom is 0.268 e. The number of fused-ring (bicyclic) bond motifs is 2. The fourth-order valence-corrected chi connectivity index (χ4v) is 3.18. The molecule has 2 aromatic rings. The highest BCUT2D eigenvalue weighted by Crippen LogP contribution is 2.35. The van der Waals surface area contributed by atoms with Crippen LogP contribution in [0.25, 0.3) is 0 Å². The van der Waals surface area contributed by atoms with Gasteiger partial charge in [0.1, 0.15) is 5.75 Å². The minimum atomic E-state index is -0.517. The van der Waals surface area contributed by atoms with E-state index in [2.05, 4.69) is 5.32 Å². The second-order valence-corrected chi connectivity index (χ2v) is 6.34. The number of ether oxygens (including phenoxy) is 3. The molecule has 7 nitrogen and oxygen atoms in total. The van der Waals surface area contributed by atoms with Crippen LogP contribution in [0.2, 0.25) is 0 Å². The van der Waals surface area contributed by atoms with E-state index in [1.807, 2.05) is 31.2 Å². The molecule has 1 N–H and O–H groups in total. The van der Waals surface area contributed by atoms with Crippen molar-refractivity contribution in [1.29, 1.82) is 0 Å². The molecule has 1 atom stereocenters. The molecule has 0 fully saturated rings. The molecular weight excluding hydrogens is 348 g/mol. The van der Waals surface area contributed by atoms with Crippen molar-refractivity contribution in [3.05, 3.63) is 42.5 Å². The first kappa shape index (κ1) is 17.2. The number of benzene rings is 2. The maximum absolute atomic E-state index is 12.7. The van der Waals surface area contributed by atoms with Crippen LogP contribution < -0.4 is 24.4 Å². The van der Waals surface area contributed by atoms with Gasteiger partial charge in [-0.3, -0.25) is 9.59 Å². The average Bonchev–Trinajstić information content (AvgIpc) is 3.14. The van der Waals surface area contributed by atoms with Gasteiger partial charge in [0.25, 0.3) is 5.91 Å². The van der Waals surface area contributed by atoms with E-state index >= 15 is 0 Å². The number of anilines is 2. The summed E-state index contributed by atoms with van der Waals surface area (Å²) in [5.41, 5.74) is 1.33. The Morgan fingerprint density at radius 2 is 1.96 bits per heavy atom. The van der Waals surface area contributed by atoms with Gasteiger partial charge < -0.3 is 24.4 Å². The lowest BCUT2D eigenvalue weighted by molar-refractivity contribution is -0.126. The molecule has 2 heterocycles. The molecule has 0 saturated heterocycles. The van der Waals surface area contributed by atoms with Crippen LogP contribution in [0.3, 0.4) is 0 Å². The van der Waals surface area contributed by atoms with E-state index < -0.39 is 6.10 Å². The summed E-state index contributed by atoms with van der Waals surface area (Å²) in [6.45, 7) is 2.37. The van der Waals surface area contributed by atoms with Crippen LogP contribution in [0.1, 0.15) is 19.8 Å². The summed E-state index contributed by atoms with van der Waals surface area (Å²) in [6, 6.07) is 12.6. The zero-order chi connectivity index (χ0) is 18.8. The number of rotatable bonds is 5. The van der Waals surface area contributed by atoms with Gasteiger partial charge in [-0.05, 0) is 30.7 Å². The highest BCUT2D eigenvalue weighted by molar-refractivity contribution is 6.01. The predicted molar refractivity (Wildman–Crippen MR) is 99.3 cm³/mol. The zero-order valence-corrected chi connectivity index (χ0v) is 14.9. The van der Waals surface area contributed by atoms with E-state index in [0.29, 0.717) is 35.0 Å². The first-order valence-electron chi connectivity index (χ1n) is 8.92. The lowest BCUT2D eigenvalue weighted by Crippen LogP contribution is -2.46. The summed E-state index contributed by atoms with van der Waals surface area (Å²) in [5.74, 6) is 1.64. The topological polar surface area (TPSA) is 77.1 Å². The fraction of sp³-hybridized carbons (Fsp3) is 0.300. The van der Waals surface area contributed by atoms with Crippen LogP contribution in [0, 0.1) is 0 Å². The Kier molecular flexibility index (Phi) is 4.58. The van der Waals surface area contributed by atoms with Crippen molar-refractivity contribution in [2.45, 2.75) is 25.9 Å². The summed E-state index contributed by atoms with van der Waals surface area (Å²) in [4.78, 5) is 26.7. The average molecular weight is 368 g/mol. The van der Waals surface area contributed by atoms with Crippen LogP contribution in [0.4, 0.5) is 11.4 Å². The van der Waals surface area contributed by atoms with E-state index in [-0.39, 0.29) is 31.6 Å². The number of amides is 2. The molecule has 0 radical (unpaired) electrons. The second kappa shape index (κ2) is 7.19. The largest absolute Gasteiger partial charge is 0.478 e. The molecule has 0 saturated carbocycles. The minimum Gasteiger partial charge on any atom is -0.478 e. The van der Waals surface area contributed by atoms with Gasteiger partial charge in [-0.25, -0.2) is 0 Å². The zero-order valence-electron chi connectivity index (χ0n) is 14.9. The Labute approximate surface area is 156 Å². The van der Waals surface area contributed by atoms with E-state index in [9.17, 15) is 9.59 Å². The maximum atomic E-state index is 12.7. The van der Waals surface area contributed by atoms with Crippen molar-refractivity contribution in [2.24, 2.45) is 0 Å². The van der Waals surface area contributed by atoms with E-state index in [1.54, 1.807) is 23.1 Å². The van der Waals surface area contributed by atoms with Crippen molar-refractivity contribution in [2.75, 3.05) is 23.6 Å². The van der Waals surface area contributed by atoms with Gasteiger partial charge in [-0.2, -0.15) is 0 Å². The van der Waals surface area contributed by atoms with Crippen LogP contribution in [-0.2, 0) is 9.59 Å². The Morgan fingerprint density at radius 3 is 2.81 bits per heavy atom. The lowest BCUT2D eigenvalue weighted by Gasteiger charge is -2.33. The molecule has 0 aliphatic carbocycles. The van der Waals surface area contributed by atoms with E-state index in [4.69, 9.17) is 14.2 Å². The molecule has 4 rings (SSSR count). The lowest BCUT2D eigenvalue weighted by atomic mass is 10.1. The molecule has 0 bridgehead atoms. The van der Waals surface area contributed by atoms with Gasteiger partial charge in [0.05, 0.1) is 5.69 Å². The number of hydrogen-bond acceptors (Lipinski definition) is 5. The monoisotopic (exact) mass is 368 g/mol. The number of nitrogens with zero attached hydrogens (tertiary/aromatic N) is 1. The second-order valence-electron chi connectivity index (χ2n) is 6.34. The van der Waals surface area contributed by atoms with Gasteiger partial charge >= 0.3 is 0 Å². The molecular formula is C20H20N2O5. The number of carbonyl (C=O) groups excluding carboxylic acids is 2. The predicted octanol–water partition coefficient (Wildman–Crippen LogP) is 2.95. The fourth-order valence-electron chi connectivity index (χ4n) is 3.18. The van der Waals surface area contributed by atoms with Crippen LogP contribution in [0.5, 0.6) is 17.2 Å². The normalized spacial score (nSPS) is 17.3. The number of nitrogens with one attached hydrogen (secondary N) is 1. The smallest absolute Gasteiger partial charge is 0.268 e.